The molecule has 138 valence electrons. The zero-order chi connectivity index (χ0) is 18.0. The van der Waals surface area contributed by atoms with Crippen molar-refractivity contribution in [2.75, 3.05) is 26.8 Å². The summed E-state index contributed by atoms with van der Waals surface area (Å²) in [5, 5.41) is 11.6. The monoisotopic (exact) mass is 338 g/mol. The van der Waals surface area contributed by atoms with E-state index in [9.17, 15) is 4.79 Å². The minimum Gasteiger partial charge on any atom is -0.379 e. The second-order valence-corrected chi connectivity index (χ2v) is 6.73. The summed E-state index contributed by atoms with van der Waals surface area (Å²) in [7, 11) is 1.92. The van der Waals surface area contributed by atoms with Gasteiger partial charge in [-0.15, -0.1) is 6.58 Å². The largest absolute Gasteiger partial charge is 0.379 e. The van der Waals surface area contributed by atoms with Crippen molar-refractivity contribution in [2.24, 2.45) is 5.73 Å². The molecule has 0 spiro atoms. The highest BCUT2D eigenvalue weighted by atomic mass is 16.5. The molecule has 1 fully saturated rings. The number of nitrogens with zero attached hydrogens (tertiary/aromatic N) is 1. The first-order valence-corrected chi connectivity index (χ1v) is 8.97. The van der Waals surface area contributed by atoms with Gasteiger partial charge in [0.05, 0.1) is 12.6 Å². The smallest absolute Gasteiger partial charge is 0.243 e. The summed E-state index contributed by atoms with van der Waals surface area (Å²) in [4.78, 5) is 14.3. The van der Waals surface area contributed by atoms with Gasteiger partial charge in [0.25, 0.3) is 0 Å². The van der Waals surface area contributed by atoms with E-state index in [0.29, 0.717) is 25.3 Å². The summed E-state index contributed by atoms with van der Waals surface area (Å²) in [5.41, 5.74) is 4.94. The van der Waals surface area contributed by atoms with Crippen LogP contribution in [0, 0.1) is 5.41 Å². The highest BCUT2D eigenvalue weighted by Crippen LogP contribution is 2.29. The van der Waals surface area contributed by atoms with E-state index in [1.807, 2.05) is 18.9 Å². The van der Waals surface area contributed by atoms with E-state index in [2.05, 4.69) is 11.9 Å². The fraction of sp³-hybridized carbons (Fsp3) is 0.778. The number of hydrogen-bond acceptors (Lipinski definition) is 4. The number of carbonyl (C=O) groups is 1. The third-order valence-corrected chi connectivity index (χ3v) is 4.78. The maximum absolute atomic E-state index is 12.4. The molecule has 1 rings (SSSR count). The molecular weight excluding hydrogens is 304 g/mol. The Morgan fingerprint density at radius 1 is 1.50 bits per heavy atom. The molecule has 6 nitrogen and oxygen atoms in total. The first kappa shape index (κ1) is 20.6. The summed E-state index contributed by atoms with van der Waals surface area (Å²) in [5.74, 6) is 0.0282. The Kier molecular flexibility index (Phi) is 9.00. The number of nitrogens with one attached hydrogen (secondary N) is 2. The topological polar surface area (TPSA) is 91.4 Å². The summed E-state index contributed by atoms with van der Waals surface area (Å²) in [6.45, 7) is 7.80. The molecule has 1 saturated heterocycles. The average Bonchev–Trinajstić information content (AvgIpc) is 2.81. The van der Waals surface area contributed by atoms with Crippen LogP contribution in [-0.4, -0.2) is 55.0 Å². The van der Waals surface area contributed by atoms with E-state index in [1.165, 1.54) is 0 Å². The van der Waals surface area contributed by atoms with E-state index in [1.54, 1.807) is 6.08 Å². The maximum Gasteiger partial charge on any atom is 0.243 e. The van der Waals surface area contributed by atoms with Gasteiger partial charge >= 0.3 is 0 Å². The van der Waals surface area contributed by atoms with Crippen LogP contribution in [0.4, 0.5) is 0 Å². The fourth-order valence-corrected chi connectivity index (χ4v) is 3.38. The molecule has 0 aliphatic carbocycles. The van der Waals surface area contributed by atoms with Gasteiger partial charge in [0.15, 0.2) is 0 Å². The average molecular weight is 338 g/mol. The molecule has 1 amide bonds. The first-order chi connectivity index (χ1) is 11.5. The molecular formula is C18H34N4O2. The Morgan fingerprint density at radius 3 is 2.88 bits per heavy atom. The van der Waals surface area contributed by atoms with Crippen molar-refractivity contribution in [2.45, 2.75) is 63.5 Å². The molecule has 1 aliphatic rings. The quantitative estimate of drug-likeness (QED) is 0.246. The Balaban J connectivity index is 3.02. The van der Waals surface area contributed by atoms with E-state index in [4.69, 9.17) is 15.9 Å². The Morgan fingerprint density at radius 2 is 2.25 bits per heavy atom. The van der Waals surface area contributed by atoms with Gasteiger partial charge in [-0.1, -0.05) is 6.08 Å². The Hall–Kier alpha value is -1.40. The molecule has 0 radical (unpaired) electrons. The molecule has 6 heteroatoms. The lowest BCUT2D eigenvalue weighted by atomic mass is 9.88. The van der Waals surface area contributed by atoms with E-state index < -0.39 is 5.54 Å². The molecule has 0 aromatic heterocycles. The molecule has 0 aromatic carbocycles. The SMILES string of the molecule is C=CCC(=N)N(C1CCCCOC1)[C@@](C)(CCCCNC)C(N)=O. The van der Waals surface area contributed by atoms with Crippen LogP contribution in [0.2, 0.25) is 0 Å². The van der Waals surface area contributed by atoms with Crippen molar-refractivity contribution in [3.05, 3.63) is 12.7 Å². The van der Waals surface area contributed by atoms with Crippen LogP contribution in [0.5, 0.6) is 0 Å². The number of nitrogens with two attached hydrogens (primary N) is 1. The number of primary amides is 1. The van der Waals surface area contributed by atoms with Gasteiger partial charge in [0, 0.05) is 13.0 Å². The number of hydrogen-bond donors (Lipinski definition) is 3. The van der Waals surface area contributed by atoms with Crippen LogP contribution in [0.25, 0.3) is 0 Å². The van der Waals surface area contributed by atoms with E-state index >= 15 is 0 Å². The van der Waals surface area contributed by atoms with Crippen molar-refractivity contribution in [1.82, 2.24) is 10.2 Å². The zero-order valence-corrected chi connectivity index (χ0v) is 15.3. The summed E-state index contributed by atoms with van der Waals surface area (Å²) in [6, 6.07) is 0.0155. The molecule has 4 N–H and O–H groups in total. The highest BCUT2D eigenvalue weighted by Gasteiger charge is 2.42. The number of carbonyl (C=O) groups excluding carboxylic acids is 1. The van der Waals surface area contributed by atoms with Crippen LogP contribution in [-0.2, 0) is 9.53 Å². The zero-order valence-electron chi connectivity index (χ0n) is 15.3. The maximum atomic E-state index is 12.4. The number of ether oxygens (including phenoxy) is 1. The molecule has 0 bridgehead atoms. The molecule has 1 aliphatic heterocycles. The summed E-state index contributed by atoms with van der Waals surface area (Å²) >= 11 is 0. The van der Waals surface area contributed by atoms with E-state index in [0.717, 1.165) is 45.3 Å². The standard InChI is InChI=1S/C18H34N4O2/c1-4-9-16(19)22(15-10-5-8-13-24-14-15)18(2,17(20)23)11-6-7-12-21-3/h4,15,19,21H,1,5-14H2,2-3H3,(H2,20,23)/t15?,18-/m0/s1. The first-order valence-electron chi connectivity index (χ1n) is 8.97. The van der Waals surface area contributed by atoms with Gasteiger partial charge in [0.1, 0.15) is 11.4 Å². The van der Waals surface area contributed by atoms with Crippen LogP contribution < -0.4 is 11.1 Å². The second-order valence-electron chi connectivity index (χ2n) is 6.73. The minimum absolute atomic E-state index is 0.0155. The third-order valence-electron chi connectivity index (χ3n) is 4.78. The Labute approximate surface area is 146 Å². The molecule has 24 heavy (non-hydrogen) atoms. The summed E-state index contributed by atoms with van der Waals surface area (Å²) < 4.78 is 5.71. The lowest BCUT2D eigenvalue weighted by Gasteiger charge is -2.45. The summed E-state index contributed by atoms with van der Waals surface area (Å²) in [6.07, 6.45) is 7.60. The van der Waals surface area contributed by atoms with Crippen LogP contribution >= 0.6 is 0 Å². The minimum atomic E-state index is -0.869. The predicted octanol–water partition coefficient (Wildman–Crippen LogP) is 2.04. The van der Waals surface area contributed by atoms with Crippen molar-refractivity contribution >= 4 is 11.7 Å². The third kappa shape index (κ3) is 5.60. The van der Waals surface area contributed by atoms with Crippen LogP contribution in [0.3, 0.4) is 0 Å². The lowest BCUT2D eigenvalue weighted by Crippen LogP contribution is -2.62. The van der Waals surface area contributed by atoms with Gasteiger partial charge in [-0.25, -0.2) is 0 Å². The van der Waals surface area contributed by atoms with Crippen molar-refractivity contribution in [3.8, 4) is 0 Å². The lowest BCUT2D eigenvalue weighted by molar-refractivity contribution is -0.129. The van der Waals surface area contributed by atoms with Gasteiger partial charge < -0.3 is 20.7 Å². The van der Waals surface area contributed by atoms with Crippen LogP contribution in [0.1, 0.15) is 51.9 Å². The van der Waals surface area contributed by atoms with Crippen molar-refractivity contribution in [1.29, 1.82) is 5.41 Å². The molecule has 0 saturated carbocycles. The fourth-order valence-electron chi connectivity index (χ4n) is 3.38. The highest BCUT2D eigenvalue weighted by molar-refractivity contribution is 5.91. The van der Waals surface area contributed by atoms with Crippen LogP contribution in [0.15, 0.2) is 12.7 Å². The molecule has 1 unspecified atom stereocenters. The van der Waals surface area contributed by atoms with Gasteiger partial charge in [-0.3, -0.25) is 10.2 Å². The molecule has 2 atom stereocenters. The normalized spacial score (nSPS) is 20.7. The predicted molar refractivity (Wildman–Crippen MR) is 98.2 cm³/mol. The number of unbranched alkanes of at least 4 members (excludes halogenated alkanes) is 1. The molecule has 1 heterocycles. The van der Waals surface area contributed by atoms with Gasteiger partial charge in [-0.2, -0.15) is 0 Å². The number of rotatable bonds is 10. The van der Waals surface area contributed by atoms with E-state index in [-0.39, 0.29) is 11.9 Å². The van der Waals surface area contributed by atoms with Crippen molar-refractivity contribution in [3.63, 3.8) is 0 Å². The van der Waals surface area contributed by atoms with Gasteiger partial charge in [0.2, 0.25) is 5.91 Å². The molecule has 0 aromatic rings. The van der Waals surface area contributed by atoms with Crippen molar-refractivity contribution < 1.29 is 9.53 Å². The number of amidine groups is 1. The Bertz CT molecular complexity index is 419. The second kappa shape index (κ2) is 10.5. The van der Waals surface area contributed by atoms with Gasteiger partial charge in [-0.05, 0) is 59.0 Å². The number of amides is 1.